The van der Waals surface area contributed by atoms with E-state index in [2.05, 4.69) is 43.9 Å². The van der Waals surface area contributed by atoms with E-state index in [0.717, 1.165) is 5.56 Å². The van der Waals surface area contributed by atoms with Crippen molar-refractivity contribution in [2.45, 2.75) is 63.9 Å². The zero-order valence-corrected chi connectivity index (χ0v) is 17.5. The van der Waals surface area contributed by atoms with Crippen LogP contribution in [0.5, 0.6) is 5.75 Å². The normalized spacial score (nSPS) is 20.9. The first kappa shape index (κ1) is 20.7. The summed E-state index contributed by atoms with van der Waals surface area (Å²) in [6.45, 7) is 13.0. The summed E-state index contributed by atoms with van der Waals surface area (Å²) in [4.78, 5) is 2.88. The van der Waals surface area contributed by atoms with Crippen LogP contribution in [0.15, 0.2) is 17.2 Å². The van der Waals surface area contributed by atoms with Gasteiger partial charge in [-0.05, 0) is 42.7 Å². The minimum absolute atomic E-state index is 0.0428. The lowest BCUT2D eigenvalue weighted by atomic mass is 9.96. The molecule has 0 aliphatic carbocycles. The Morgan fingerprint density at radius 2 is 2.12 bits per heavy atom. The maximum absolute atomic E-state index is 14.0. The van der Waals surface area contributed by atoms with Crippen molar-refractivity contribution in [1.82, 2.24) is 0 Å². The van der Waals surface area contributed by atoms with E-state index >= 15 is 0 Å². The van der Waals surface area contributed by atoms with Gasteiger partial charge in [-0.2, -0.15) is 0 Å². The highest BCUT2D eigenvalue weighted by Crippen LogP contribution is 2.43. The van der Waals surface area contributed by atoms with Crippen molar-refractivity contribution in [3.63, 3.8) is 0 Å². The topological polar surface area (TPSA) is 93.2 Å². The Kier molecular flexibility index (Phi) is 5.73. The van der Waals surface area contributed by atoms with Gasteiger partial charge in [0.2, 0.25) is 0 Å². The van der Waals surface area contributed by atoms with E-state index in [0.29, 0.717) is 17.7 Å². The molecule has 1 unspecified atom stereocenters. The van der Waals surface area contributed by atoms with Crippen LogP contribution in [-0.4, -0.2) is 27.1 Å². The maximum atomic E-state index is 14.0. The van der Waals surface area contributed by atoms with E-state index in [9.17, 15) is 4.39 Å². The van der Waals surface area contributed by atoms with Gasteiger partial charge in [-0.15, -0.1) is 0 Å². The van der Waals surface area contributed by atoms with E-state index in [1.54, 1.807) is 6.92 Å². The number of nitrogens with zero attached hydrogens (tertiary/aromatic N) is 3. The predicted octanol–water partition coefficient (Wildman–Crippen LogP) is 4.85. The zero-order valence-electron chi connectivity index (χ0n) is 16.5. The number of nitrogens with two attached hydrogens (primary N) is 1. The summed E-state index contributed by atoms with van der Waals surface area (Å²) in [5.74, 6) is 0.248. The van der Waals surface area contributed by atoms with Crippen molar-refractivity contribution >= 4 is 8.32 Å². The SMILES string of the molecule is C[C@@H](N)c1cc(F)cc2c1OC(CN=[N+]=[N-])(CO[Si](C)(C)C(C)(C)C)C2. The molecule has 0 aromatic heterocycles. The predicted molar refractivity (Wildman–Crippen MR) is 103 cm³/mol. The fourth-order valence-corrected chi connectivity index (χ4v) is 3.83. The molecule has 1 aromatic rings. The molecule has 0 bridgehead atoms. The first-order valence-electron chi connectivity index (χ1n) is 8.82. The highest BCUT2D eigenvalue weighted by molar-refractivity contribution is 6.74. The molecule has 1 heterocycles. The largest absolute Gasteiger partial charge is 0.484 e. The average molecular weight is 381 g/mol. The quantitative estimate of drug-likeness (QED) is 0.331. The summed E-state index contributed by atoms with van der Waals surface area (Å²) < 4.78 is 26.6. The standard InChI is InChI=1S/C18H29FN4O2Si/c1-12(20)15-8-14(19)7-13-9-18(10-22-23-21,25-16(13)15)11-24-26(5,6)17(2,3)4/h7-8,12H,9-11,20H2,1-6H3/t12-,18?/m1/s1. The Bertz CT molecular complexity index is 727. The molecular weight excluding hydrogens is 351 g/mol. The number of hydrogen-bond acceptors (Lipinski definition) is 4. The Morgan fingerprint density at radius 3 is 2.65 bits per heavy atom. The summed E-state index contributed by atoms with van der Waals surface area (Å²) >= 11 is 0. The molecule has 1 aliphatic heterocycles. The van der Waals surface area contributed by atoms with Crippen molar-refractivity contribution in [1.29, 1.82) is 0 Å². The van der Waals surface area contributed by atoms with E-state index in [1.807, 2.05) is 0 Å². The van der Waals surface area contributed by atoms with E-state index in [1.165, 1.54) is 12.1 Å². The second-order valence-corrected chi connectivity index (χ2v) is 13.5. The lowest BCUT2D eigenvalue weighted by Gasteiger charge is -2.39. The van der Waals surface area contributed by atoms with Crippen LogP contribution in [0.3, 0.4) is 0 Å². The molecule has 1 aromatic carbocycles. The zero-order chi connectivity index (χ0) is 19.8. The molecular formula is C18H29FN4O2Si. The van der Waals surface area contributed by atoms with Crippen LogP contribution in [0.2, 0.25) is 18.1 Å². The third-order valence-corrected chi connectivity index (χ3v) is 9.88. The number of benzene rings is 1. The summed E-state index contributed by atoms with van der Waals surface area (Å²) in [6.07, 6.45) is 0.424. The third-order valence-electron chi connectivity index (χ3n) is 5.41. The molecule has 2 N–H and O–H groups in total. The maximum Gasteiger partial charge on any atom is 0.192 e. The molecule has 0 fully saturated rings. The minimum atomic E-state index is -2.02. The second kappa shape index (κ2) is 7.19. The van der Waals surface area contributed by atoms with Gasteiger partial charge in [-0.3, -0.25) is 0 Å². The molecule has 0 amide bonds. The van der Waals surface area contributed by atoms with Gasteiger partial charge in [0.1, 0.15) is 17.2 Å². The fourth-order valence-electron chi connectivity index (χ4n) is 2.77. The summed E-state index contributed by atoms with van der Waals surface area (Å²) in [5, 5.41) is 3.78. The number of rotatable bonds is 6. The van der Waals surface area contributed by atoms with Gasteiger partial charge in [0.15, 0.2) is 8.32 Å². The van der Waals surface area contributed by atoms with Gasteiger partial charge in [0.05, 0.1) is 13.2 Å². The number of ether oxygens (including phenoxy) is 1. The second-order valence-electron chi connectivity index (χ2n) is 8.67. The van der Waals surface area contributed by atoms with Gasteiger partial charge in [-0.25, -0.2) is 4.39 Å². The van der Waals surface area contributed by atoms with Crippen molar-refractivity contribution in [3.05, 3.63) is 39.5 Å². The molecule has 8 heteroatoms. The van der Waals surface area contributed by atoms with Gasteiger partial charge in [-0.1, -0.05) is 25.9 Å². The van der Waals surface area contributed by atoms with Crippen LogP contribution in [0.4, 0.5) is 4.39 Å². The van der Waals surface area contributed by atoms with E-state index < -0.39 is 13.9 Å². The van der Waals surface area contributed by atoms with Crippen molar-refractivity contribution in [2.75, 3.05) is 13.2 Å². The van der Waals surface area contributed by atoms with Gasteiger partial charge in [0.25, 0.3) is 0 Å². The lowest BCUT2D eigenvalue weighted by Crippen LogP contribution is -2.49. The molecule has 0 radical (unpaired) electrons. The Balaban J connectivity index is 2.35. The average Bonchev–Trinajstić information content (AvgIpc) is 2.88. The summed E-state index contributed by atoms with van der Waals surface area (Å²) in [5.41, 5.74) is 15.3. The van der Waals surface area contributed by atoms with Crippen LogP contribution in [0.25, 0.3) is 10.4 Å². The van der Waals surface area contributed by atoms with Crippen LogP contribution in [0.1, 0.15) is 44.9 Å². The molecule has 6 nitrogen and oxygen atoms in total. The molecule has 0 saturated heterocycles. The Hall–Kier alpha value is -1.60. The smallest absolute Gasteiger partial charge is 0.192 e. The van der Waals surface area contributed by atoms with Gasteiger partial charge < -0.3 is 14.9 Å². The first-order chi connectivity index (χ1) is 11.9. The summed E-state index contributed by atoms with van der Waals surface area (Å²) in [6, 6.07) is 2.50. The highest BCUT2D eigenvalue weighted by Gasteiger charge is 2.45. The molecule has 0 spiro atoms. The summed E-state index contributed by atoms with van der Waals surface area (Å²) in [7, 11) is -2.02. The Labute approximate surface area is 155 Å². The number of hydrogen-bond donors (Lipinski definition) is 1. The lowest BCUT2D eigenvalue weighted by molar-refractivity contribution is 0.0401. The van der Waals surface area contributed by atoms with Crippen LogP contribution < -0.4 is 10.5 Å². The van der Waals surface area contributed by atoms with Crippen LogP contribution >= 0.6 is 0 Å². The molecule has 144 valence electrons. The minimum Gasteiger partial charge on any atom is -0.484 e. The first-order valence-corrected chi connectivity index (χ1v) is 11.7. The Morgan fingerprint density at radius 1 is 1.46 bits per heavy atom. The van der Waals surface area contributed by atoms with E-state index in [-0.39, 0.29) is 30.0 Å². The van der Waals surface area contributed by atoms with Crippen LogP contribution in [0, 0.1) is 5.82 Å². The molecule has 0 saturated carbocycles. The van der Waals surface area contributed by atoms with E-state index in [4.69, 9.17) is 20.4 Å². The van der Waals surface area contributed by atoms with Crippen molar-refractivity contribution in [3.8, 4) is 5.75 Å². The highest BCUT2D eigenvalue weighted by atomic mass is 28.4. The van der Waals surface area contributed by atoms with Gasteiger partial charge >= 0.3 is 0 Å². The van der Waals surface area contributed by atoms with Gasteiger partial charge in [0, 0.05) is 28.5 Å². The molecule has 26 heavy (non-hydrogen) atoms. The van der Waals surface area contributed by atoms with Crippen LogP contribution in [-0.2, 0) is 10.8 Å². The number of azide groups is 1. The monoisotopic (exact) mass is 380 g/mol. The molecule has 2 atom stereocenters. The molecule has 2 rings (SSSR count). The van der Waals surface area contributed by atoms with Crippen molar-refractivity contribution in [2.24, 2.45) is 10.8 Å². The number of fused-ring (bicyclic) bond motifs is 1. The third kappa shape index (κ3) is 4.20. The number of halogens is 1. The fraction of sp³-hybridized carbons (Fsp3) is 0.667. The molecule has 1 aliphatic rings. The van der Waals surface area contributed by atoms with Crippen molar-refractivity contribution < 1.29 is 13.6 Å².